The molecule has 0 aromatic heterocycles. The third kappa shape index (κ3) is 2.12. The molecule has 0 saturated carbocycles. The summed E-state index contributed by atoms with van der Waals surface area (Å²) in [6, 6.07) is 15.0. The Hall–Kier alpha value is -2.16. The number of rotatable bonds is 3. The highest BCUT2D eigenvalue weighted by Gasteiger charge is 2.22. The first kappa shape index (κ1) is 11.0. The summed E-state index contributed by atoms with van der Waals surface area (Å²) in [5, 5.41) is 9.59. The van der Waals surface area contributed by atoms with Gasteiger partial charge in [0.2, 0.25) is 0 Å². The predicted octanol–water partition coefficient (Wildman–Crippen LogP) is 2.77. The van der Waals surface area contributed by atoms with E-state index in [0.29, 0.717) is 12.4 Å². The van der Waals surface area contributed by atoms with Crippen LogP contribution in [0.15, 0.2) is 48.5 Å². The SMILES string of the molecule is Oc1ccccc1OCC1Cc2ccccc2O1. The van der Waals surface area contributed by atoms with Gasteiger partial charge >= 0.3 is 0 Å². The van der Waals surface area contributed by atoms with E-state index < -0.39 is 0 Å². The van der Waals surface area contributed by atoms with E-state index in [1.165, 1.54) is 5.56 Å². The molecule has 92 valence electrons. The quantitative estimate of drug-likeness (QED) is 0.899. The lowest BCUT2D eigenvalue weighted by atomic mass is 10.1. The molecule has 1 heterocycles. The van der Waals surface area contributed by atoms with Crippen LogP contribution in [0.1, 0.15) is 5.56 Å². The van der Waals surface area contributed by atoms with E-state index in [2.05, 4.69) is 6.07 Å². The lowest BCUT2D eigenvalue weighted by molar-refractivity contribution is 0.146. The number of fused-ring (bicyclic) bond motifs is 1. The van der Waals surface area contributed by atoms with E-state index in [0.717, 1.165) is 12.2 Å². The fraction of sp³-hybridized carbons (Fsp3) is 0.200. The van der Waals surface area contributed by atoms with Crippen LogP contribution in [0.2, 0.25) is 0 Å². The van der Waals surface area contributed by atoms with Crippen LogP contribution in [-0.4, -0.2) is 17.8 Å². The summed E-state index contributed by atoms with van der Waals surface area (Å²) in [6.45, 7) is 0.437. The van der Waals surface area contributed by atoms with E-state index in [-0.39, 0.29) is 11.9 Å². The second-order valence-corrected chi connectivity index (χ2v) is 4.33. The number of aromatic hydroxyl groups is 1. The van der Waals surface area contributed by atoms with Crippen LogP contribution < -0.4 is 9.47 Å². The molecule has 2 aromatic carbocycles. The average molecular weight is 242 g/mol. The zero-order valence-corrected chi connectivity index (χ0v) is 9.87. The molecule has 3 heteroatoms. The summed E-state index contributed by atoms with van der Waals surface area (Å²) >= 11 is 0. The number of hydrogen-bond acceptors (Lipinski definition) is 3. The zero-order chi connectivity index (χ0) is 12.4. The summed E-state index contributed by atoms with van der Waals surface area (Å²) in [7, 11) is 0. The van der Waals surface area contributed by atoms with Crippen LogP contribution in [0.25, 0.3) is 0 Å². The van der Waals surface area contributed by atoms with Gasteiger partial charge < -0.3 is 14.6 Å². The normalized spacial score (nSPS) is 17.0. The molecule has 0 spiro atoms. The summed E-state index contributed by atoms with van der Waals surface area (Å²) < 4.78 is 11.3. The highest BCUT2D eigenvalue weighted by molar-refractivity contribution is 5.39. The predicted molar refractivity (Wildman–Crippen MR) is 68.2 cm³/mol. The van der Waals surface area contributed by atoms with Crippen molar-refractivity contribution in [2.45, 2.75) is 12.5 Å². The van der Waals surface area contributed by atoms with Crippen molar-refractivity contribution in [2.75, 3.05) is 6.61 Å². The second kappa shape index (κ2) is 4.61. The van der Waals surface area contributed by atoms with Gasteiger partial charge in [-0.3, -0.25) is 0 Å². The van der Waals surface area contributed by atoms with Gasteiger partial charge in [-0.1, -0.05) is 30.3 Å². The maximum absolute atomic E-state index is 9.59. The Balaban J connectivity index is 1.62. The molecule has 0 fully saturated rings. The first-order valence-electron chi connectivity index (χ1n) is 5.98. The smallest absolute Gasteiger partial charge is 0.161 e. The molecule has 0 radical (unpaired) electrons. The fourth-order valence-corrected chi connectivity index (χ4v) is 2.11. The van der Waals surface area contributed by atoms with Crippen LogP contribution in [0.4, 0.5) is 0 Å². The topological polar surface area (TPSA) is 38.7 Å². The second-order valence-electron chi connectivity index (χ2n) is 4.33. The molecule has 3 rings (SSSR count). The van der Waals surface area contributed by atoms with Gasteiger partial charge in [-0.15, -0.1) is 0 Å². The maximum atomic E-state index is 9.59. The van der Waals surface area contributed by atoms with Crippen molar-refractivity contribution in [1.82, 2.24) is 0 Å². The number of phenols is 1. The Labute approximate surface area is 106 Å². The fourth-order valence-electron chi connectivity index (χ4n) is 2.11. The molecular formula is C15H14O3. The van der Waals surface area contributed by atoms with E-state index >= 15 is 0 Å². The molecular weight excluding hydrogens is 228 g/mol. The lowest BCUT2D eigenvalue weighted by Gasteiger charge is -2.13. The van der Waals surface area contributed by atoms with Crippen LogP contribution >= 0.6 is 0 Å². The Morgan fingerprint density at radius 1 is 1.11 bits per heavy atom. The Morgan fingerprint density at radius 3 is 2.72 bits per heavy atom. The molecule has 0 amide bonds. The minimum atomic E-state index is 0.0157. The van der Waals surface area contributed by atoms with E-state index in [9.17, 15) is 5.11 Å². The van der Waals surface area contributed by atoms with Gasteiger partial charge in [-0.2, -0.15) is 0 Å². The van der Waals surface area contributed by atoms with Crippen molar-refractivity contribution < 1.29 is 14.6 Å². The molecule has 1 atom stereocenters. The molecule has 1 aliphatic rings. The summed E-state index contributed by atoms with van der Waals surface area (Å²) in [5.41, 5.74) is 1.21. The highest BCUT2D eigenvalue weighted by Crippen LogP contribution is 2.29. The van der Waals surface area contributed by atoms with Gasteiger partial charge in [-0.25, -0.2) is 0 Å². The molecule has 1 N–H and O–H groups in total. The average Bonchev–Trinajstić information content (AvgIpc) is 2.80. The van der Waals surface area contributed by atoms with Crippen molar-refractivity contribution in [1.29, 1.82) is 0 Å². The van der Waals surface area contributed by atoms with Gasteiger partial charge in [0.1, 0.15) is 18.5 Å². The van der Waals surface area contributed by atoms with E-state index in [1.807, 2.05) is 24.3 Å². The van der Waals surface area contributed by atoms with Crippen LogP contribution in [0, 0.1) is 0 Å². The Bertz CT molecular complexity index is 526. The summed E-state index contributed by atoms with van der Waals surface area (Å²) in [6.07, 6.45) is 0.867. The zero-order valence-electron chi connectivity index (χ0n) is 9.87. The molecule has 1 aliphatic heterocycles. The van der Waals surface area contributed by atoms with Gasteiger partial charge in [-0.05, 0) is 23.8 Å². The Kier molecular flexibility index (Phi) is 2.81. The molecule has 2 aromatic rings. The summed E-state index contributed by atoms with van der Waals surface area (Å²) in [4.78, 5) is 0. The first-order valence-corrected chi connectivity index (χ1v) is 5.98. The van der Waals surface area contributed by atoms with Gasteiger partial charge in [0.15, 0.2) is 11.5 Å². The molecule has 0 saturated heterocycles. The third-order valence-electron chi connectivity index (χ3n) is 3.00. The first-order chi connectivity index (χ1) is 8.83. The number of phenolic OH excluding ortho intramolecular Hbond substituents is 1. The molecule has 18 heavy (non-hydrogen) atoms. The molecule has 0 bridgehead atoms. The molecule has 0 aliphatic carbocycles. The highest BCUT2D eigenvalue weighted by atomic mass is 16.5. The van der Waals surface area contributed by atoms with Crippen molar-refractivity contribution in [3.05, 3.63) is 54.1 Å². The van der Waals surface area contributed by atoms with Gasteiger partial charge in [0.05, 0.1) is 0 Å². The Morgan fingerprint density at radius 2 is 1.89 bits per heavy atom. The van der Waals surface area contributed by atoms with Crippen molar-refractivity contribution >= 4 is 0 Å². The van der Waals surface area contributed by atoms with E-state index in [4.69, 9.17) is 9.47 Å². The standard InChI is InChI=1S/C15H14O3/c16-13-6-2-4-8-15(13)17-10-12-9-11-5-1-3-7-14(11)18-12/h1-8,12,16H,9-10H2. The van der Waals surface area contributed by atoms with Crippen molar-refractivity contribution in [2.24, 2.45) is 0 Å². The van der Waals surface area contributed by atoms with Crippen molar-refractivity contribution in [3.8, 4) is 17.2 Å². The monoisotopic (exact) mass is 242 g/mol. The maximum Gasteiger partial charge on any atom is 0.161 e. The summed E-state index contributed by atoms with van der Waals surface area (Å²) in [5.74, 6) is 1.59. The number of para-hydroxylation sites is 3. The number of hydrogen-bond donors (Lipinski definition) is 1. The van der Waals surface area contributed by atoms with Crippen LogP contribution in [0.3, 0.4) is 0 Å². The minimum absolute atomic E-state index is 0.0157. The lowest BCUT2D eigenvalue weighted by Crippen LogP contribution is -2.22. The number of benzene rings is 2. The minimum Gasteiger partial charge on any atom is -0.504 e. The van der Waals surface area contributed by atoms with Crippen LogP contribution in [-0.2, 0) is 6.42 Å². The van der Waals surface area contributed by atoms with Crippen LogP contribution in [0.5, 0.6) is 17.2 Å². The van der Waals surface area contributed by atoms with E-state index in [1.54, 1.807) is 18.2 Å². The van der Waals surface area contributed by atoms with Crippen molar-refractivity contribution in [3.63, 3.8) is 0 Å². The van der Waals surface area contributed by atoms with Gasteiger partial charge in [0.25, 0.3) is 0 Å². The molecule has 3 nitrogen and oxygen atoms in total. The number of ether oxygens (including phenoxy) is 2. The molecule has 1 unspecified atom stereocenters. The largest absolute Gasteiger partial charge is 0.504 e. The third-order valence-corrected chi connectivity index (χ3v) is 3.00. The van der Waals surface area contributed by atoms with Gasteiger partial charge in [0, 0.05) is 6.42 Å².